The maximum atomic E-state index is 7.39. The van der Waals surface area contributed by atoms with Crippen LogP contribution < -0.4 is 4.90 Å². The summed E-state index contributed by atoms with van der Waals surface area (Å²) < 4.78 is 14.5. The summed E-state index contributed by atoms with van der Waals surface area (Å²) in [6, 6.07) is 95.4. The lowest BCUT2D eigenvalue weighted by atomic mass is 9.66. The fourth-order valence-corrected chi connectivity index (χ4v) is 12.9. The Hall–Kier alpha value is -9.18. The van der Waals surface area contributed by atoms with Crippen molar-refractivity contribution in [2.45, 2.75) is 10.8 Å². The van der Waals surface area contributed by atoms with Crippen molar-refractivity contribution in [3.63, 3.8) is 0 Å². The van der Waals surface area contributed by atoms with Crippen LogP contribution in [0.5, 0.6) is 0 Å². The molecule has 0 aliphatic heterocycles. The van der Waals surface area contributed by atoms with Gasteiger partial charge in [0, 0.05) is 32.8 Å². The first-order chi connectivity index (χ1) is 35.2. The van der Waals surface area contributed by atoms with Crippen molar-refractivity contribution in [2.24, 2.45) is 0 Å². The Balaban J connectivity index is 1.13. The Labute approximate surface area is 411 Å². The molecule has 2 aliphatic carbocycles. The van der Waals surface area contributed by atoms with Gasteiger partial charge in [-0.2, -0.15) is 0 Å². The number of furan rings is 2. The van der Waals surface area contributed by atoms with E-state index in [1.807, 2.05) is 0 Å². The number of para-hydroxylation sites is 3. The molecule has 0 saturated carbocycles. The molecular weight excluding hydrogens is 863 g/mol. The minimum absolute atomic E-state index is 0.623. The van der Waals surface area contributed by atoms with Gasteiger partial charge in [-0.1, -0.05) is 218 Å². The lowest BCUT2D eigenvalue weighted by molar-refractivity contribution is 0.648. The lowest BCUT2D eigenvalue weighted by Crippen LogP contribution is -2.31. The van der Waals surface area contributed by atoms with Gasteiger partial charge >= 0.3 is 0 Å². The van der Waals surface area contributed by atoms with E-state index < -0.39 is 10.8 Å². The number of anilines is 3. The number of hydrogen-bond donors (Lipinski definition) is 0. The molecule has 332 valence electrons. The lowest BCUT2D eigenvalue weighted by Gasteiger charge is -2.38. The summed E-state index contributed by atoms with van der Waals surface area (Å²) in [6.07, 6.45) is 0. The fourth-order valence-electron chi connectivity index (χ4n) is 12.9. The summed E-state index contributed by atoms with van der Waals surface area (Å²) in [5.41, 5.74) is 19.2. The van der Waals surface area contributed by atoms with Crippen molar-refractivity contribution in [1.29, 1.82) is 0 Å². The Morgan fingerprint density at radius 2 is 0.718 bits per heavy atom. The van der Waals surface area contributed by atoms with E-state index >= 15 is 0 Å². The van der Waals surface area contributed by atoms with Crippen LogP contribution in [-0.4, -0.2) is 0 Å². The summed E-state index contributed by atoms with van der Waals surface area (Å²) in [4.78, 5) is 2.48. The van der Waals surface area contributed by atoms with Crippen LogP contribution in [-0.2, 0) is 10.8 Å². The van der Waals surface area contributed by atoms with Gasteiger partial charge in [-0.15, -0.1) is 0 Å². The molecule has 3 nitrogen and oxygen atoms in total. The van der Waals surface area contributed by atoms with Crippen molar-refractivity contribution in [3.05, 3.63) is 305 Å². The number of benzene rings is 11. The van der Waals surface area contributed by atoms with Crippen molar-refractivity contribution in [1.82, 2.24) is 0 Å². The van der Waals surface area contributed by atoms with Crippen LogP contribution in [0.25, 0.3) is 66.1 Å². The van der Waals surface area contributed by atoms with Crippen LogP contribution >= 0.6 is 0 Å². The molecular formula is C68H43NO2. The van der Waals surface area contributed by atoms with Gasteiger partial charge < -0.3 is 13.7 Å². The topological polar surface area (TPSA) is 29.5 Å². The van der Waals surface area contributed by atoms with E-state index in [4.69, 9.17) is 8.83 Å². The highest BCUT2D eigenvalue weighted by molar-refractivity contribution is 6.13. The summed E-state index contributed by atoms with van der Waals surface area (Å²) in [5.74, 6) is 0. The standard InChI is InChI=1S/C68H43NO2/c1-4-21-44(22-5-1)67(45-23-6-2-7-24-45)56-33-15-10-29-50(56)51-40-39-47(43-59(51)67)69(61-36-20-32-54-52-30-13-18-37-62(52)70-65(54)61)60-42-41-55-53-31-14-19-38-63(53)71-66(55)64(60)68(46-25-8-3-9-26-46)57-34-16-11-27-48(57)49-28-12-17-35-58(49)68/h1-43H. The highest BCUT2D eigenvalue weighted by Crippen LogP contribution is 2.62. The first-order valence-electron chi connectivity index (χ1n) is 24.5. The molecule has 0 unspecified atom stereocenters. The van der Waals surface area contributed by atoms with E-state index in [0.717, 1.165) is 72.1 Å². The van der Waals surface area contributed by atoms with E-state index in [-0.39, 0.29) is 0 Å². The smallest absolute Gasteiger partial charge is 0.159 e. The summed E-state index contributed by atoms with van der Waals surface area (Å²) in [7, 11) is 0. The molecule has 11 aromatic carbocycles. The maximum Gasteiger partial charge on any atom is 0.159 e. The summed E-state index contributed by atoms with van der Waals surface area (Å²) in [6.45, 7) is 0. The maximum absolute atomic E-state index is 7.39. The van der Waals surface area contributed by atoms with Crippen molar-refractivity contribution < 1.29 is 8.83 Å². The molecule has 0 spiro atoms. The summed E-state index contributed by atoms with van der Waals surface area (Å²) in [5, 5.41) is 4.28. The average molecular weight is 906 g/mol. The zero-order valence-electron chi connectivity index (χ0n) is 38.6. The molecule has 0 atom stereocenters. The molecule has 2 aliphatic rings. The molecule has 15 rings (SSSR count). The second kappa shape index (κ2) is 15.2. The largest absolute Gasteiger partial charge is 0.456 e. The minimum Gasteiger partial charge on any atom is -0.456 e. The predicted molar refractivity (Wildman–Crippen MR) is 290 cm³/mol. The third kappa shape index (κ3) is 5.38. The van der Waals surface area contributed by atoms with Crippen LogP contribution in [0.15, 0.2) is 270 Å². The second-order valence-electron chi connectivity index (χ2n) is 19.0. The number of hydrogen-bond acceptors (Lipinski definition) is 3. The quantitative estimate of drug-likeness (QED) is 0.160. The monoisotopic (exact) mass is 905 g/mol. The molecule has 0 bridgehead atoms. The predicted octanol–water partition coefficient (Wildman–Crippen LogP) is 17.7. The van der Waals surface area contributed by atoms with Gasteiger partial charge in [-0.25, -0.2) is 0 Å². The van der Waals surface area contributed by atoms with Gasteiger partial charge in [0.15, 0.2) is 5.58 Å². The number of fused-ring (bicyclic) bond motifs is 12. The molecule has 13 aromatic rings. The average Bonchev–Trinajstić information content (AvgIpc) is 4.19. The van der Waals surface area contributed by atoms with E-state index in [1.165, 1.54) is 55.6 Å². The third-order valence-electron chi connectivity index (χ3n) is 15.6. The molecule has 2 heterocycles. The van der Waals surface area contributed by atoms with Crippen molar-refractivity contribution in [2.75, 3.05) is 4.90 Å². The normalized spacial score (nSPS) is 13.9. The third-order valence-corrected chi connectivity index (χ3v) is 15.6. The second-order valence-corrected chi connectivity index (χ2v) is 19.0. The minimum atomic E-state index is -0.831. The number of nitrogens with zero attached hydrogens (tertiary/aromatic N) is 1. The van der Waals surface area contributed by atoms with Gasteiger partial charge in [-0.3, -0.25) is 0 Å². The molecule has 0 N–H and O–H groups in total. The Morgan fingerprint density at radius 3 is 1.30 bits per heavy atom. The first kappa shape index (κ1) is 39.8. The zero-order chi connectivity index (χ0) is 46.7. The Kier molecular flexibility index (Phi) is 8.49. The van der Waals surface area contributed by atoms with Gasteiger partial charge in [0.1, 0.15) is 16.7 Å². The SMILES string of the molecule is c1ccc(C2(c3ccccc3)c3ccccc3-c3ccc(N(c4ccc5c(oc6ccccc65)c4C4(c5ccccc5)c5ccccc5-c5ccccc54)c4cccc5c4oc4ccccc45)cc32)cc1. The molecule has 0 saturated heterocycles. The molecule has 0 radical (unpaired) electrons. The molecule has 3 heteroatoms. The van der Waals surface area contributed by atoms with Gasteiger partial charge in [0.2, 0.25) is 0 Å². The van der Waals surface area contributed by atoms with E-state index in [9.17, 15) is 0 Å². The van der Waals surface area contributed by atoms with Crippen molar-refractivity contribution in [3.8, 4) is 22.3 Å². The van der Waals surface area contributed by atoms with Gasteiger partial charge in [0.05, 0.1) is 22.2 Å². The van der Waals surface area contributed by atoms with Crippen LogP contribution in [0.2, 0.25) is 0 Å². The van der Waals surface area contributed by atoms with Gasteiger partial charge in [0.25, 0.3) is 0 Å². The highest BCUT2D eigenvalue weighted by Gasteiger charge is 2.51. The fraction of sp³-hybridized carbons (Fsp3) is 0.0294. The van der Waals surface area contributed by atoms with Crippen LogP contribution in [0.3, 0.4) is 0 Å². The van der Waals surface area contributed by atoms with Crippen LogP contribution in [0, 0.1) is 0 Å². The number of rotatable bonds is 7. The summed E-state index contributed by atoms with van der Waals surface area (Å²) >= 11 is 0. The zero-order valence-corrected chi connectivity index (χ0v) is 38.6. The molecule has 0 fully saturated rings. The van der Waals surface area contributed by atoms with E-state index in [1.54, 1.807) is 0 Å². The van der Waals surface area contributed by atoms with Crippen LogP contribution in [0.1, 0.15) is 44.5 Å². The molecule has 0 amide bonds. The van der Waals surface area contributed by atoms with Crippen molar-refractivity contribution >= 4 is 60.9 Å². The van der Waals surface area contributed by atoms with Crippen LogP contribution in [0.4, 0.5) is 17.1 Å². The first-order valence-corrected chi connectivity index (χ1v) is 24.5. The van der Waals surface area contributed by atoms with Gasteiger partial charge in [-0.05, 0) is 104 Å². The van der Waals surface area contributed by atoms with E-state index in [2.05, 4.69) is 266 Å². The highest BCUT2D eigenvalue weighted by atomic mass is 16.3. The Morgan fingerprint density at radius 1 is 0.282 bits per heavy atom. The molecule has 2 aromatic heterocycles. The van der Waals surface area contributed by atoms with E-state index in [0.29, 0.717) is 0 Å². The Bertz CT molecular complexity index is 4160. The molecule has 71 heavy (non-hydrogen) atoms.